The summed E-state index contributed by atoms with van der Waals surface area (Å²) in [7, 11) is 0. The minimum absolute atomic E-state index is 0.353. The average Bonchev–Trinajstić information content (AvgIpc) is 2.38. The predicted octanol–water partition coefficient (Wildman–Crippen LogP) is 3.24. The molecule has 2 rings (SSSR count). The molecule has 0 saturated carbocycles. The first kappa shape index (κ1) is 14.8. The van der Waals surface area contributed by atoms with Crippen LogP contribution in [0.4, 0.5) is 10.6 Å². The number of pyridine rings is 1. The number of carbonyl (C=O) groups is 1. The van der Waals surface area contributed by atoms with Crippen molar-refractivity contribution in [1.29, 1.82) is 0 Å². The SMILES string of the molecule is CC(C)(C)OC(=O)Nc1cc([C@H]2CCCCN2)ccn1. The van der Waals surface area contributed by atoms with Crippen LogP contribution in [-0.4, -0.2) is 23.2 Å². The molecular formula is C15H23N3O2. The van der Waals surface area contributed by atoms with Crippen molar-refractivity contribution in [2.45, 2.75) is 51.7 Å². The van der Waals surface area contributed by atoms with E-state index in [2.05, 4.69) is 15.6 Å². The number of hydrogen-bond donors (Lipinski definition) is 2. The molecule has 1 aromatic rings. The third-order valence-electron chi connectivity index (χ3n) is 3.13. The van der Waals surface area contributed by atoms with Crippen LogP contribution < -0.4 is 10.6 Å². The van der Waals surface area contributed by atoms with Crippen LogP contribution in [-0.2, 0) is 4.74 Å². The number of aromatic nitrogens is 1. The highest BCUT2D eigenvalue weighted by Gasteiger charge is 2.18. The molecule has 0 unspecified atom stereocenters. The molecule has 0 radical (unpaired) electrons. The molecule has 2 N–H and O–H groups in total. The van der Waals surface area contributed by atoms with Gasteiger partial charge in [-0.25, -0.2) is 9.78 Å². The average molecular weight is 277 g/mol. The second-order valence-corrected chi connectivity index (χ2v) is 6.10. The van der Waals surface area contributed by atoms with Crippen LogP contribution >= 0.6 is 0 Å². The molecule has 0 spiro atoms. The van der Waals surface area contributed by atoms with E-state index in [1.165, 1.54) is 12.8 Å². The fourth-order valence-corrected chi connectivity index (χ4v) is 2.28. The van der Waals surface area contributed by atoms with Crippen LogP contribution in [0.3, 0.4) is 0 Å². The Bertz CT molecular complexity index is 462. The van der Waals surface area contributed by atoms with Gasteiger partial charge in [0.15, 0.2) is 0 Å². The predicted molar refractivity (Wildman–Crippen MR) is 78.7 cm³/mol. The van der Waals surface area contributed by atoms with Crippen LogP contribution in [0.5, 0.6) is 0 Å². The normalized spacial score (nSPS) is 19.4. The Balaban J connectivity index is 2.00. The maximum absolute atomic E-state index is 11.7. The van der Waals surface area contributed by atoms with Crippen molar-refractivity contribution in [2.75, 3.05) is 11.9 Å². The molecule has 0 aromatic carbocycles. The number of nitrogens with one attached hydrogen (secondary N) is 2. The van der Waals surface area contributed by atoms with Crippen molar-refractivity contribution < 1.29 is 9.53 Å². The maximum Gasteiger partial charge on any atom is 0.413 e. The lowest BCUT2D eigenvalue weighted by atomic mass is 9.98. The zero-order chi connectivity index (χ0) is 14.6. The van der Waals surface area contributed by atoms with Crippen LogP contribution in [0.2, 0.25) is 0 Å². The van der Waals surface area contributed by atoms with E-state index < -0.39 is 11.7 Å². The van der Waals surface area contributed by atoms with Crippen LogP contribution in [0.25, 0.3) is 0 Å². The largest absolute Gasteiger partial charge is 0.444 e. The first-order chi connectivity index (χ1) is 9.44. The molecule has 1 saturated heterocycles. The third-order valence-corrected chi connectivity index (χ3v) is 3.13. The number of rotatable bonds is 2. The smallest absolute Gasteiger partial charge is 0.413 e. The lowest BCUT2D eigenvalue weighted by Gasteiger charge is -2.24. The highest BCUT2D eigenvalue weighted by Crippen LogP contribution is 2.24. The van der Waals surface area contributed by atoms with Gasteiger partial charge in [0.05, 0.1) is 0 Å². The summed E-state index contributed by atoms with van der Waals surface area (Å²) in [5.74, 6) is 0.532. The number of hydrogen-bond acceptors (Lipinski definition) is 4. The Morgan fingerprint density at radius 2 is 2.25 bits per heavy atom. The molecule has 1 aromatic heterocycles. The molecule has 0 aliphatic carbocycles. The van der Waals surface area contributed by atoms with Gasteiger partial charge in [0.25, 0.3) is 0 Å². The maximum atomic E-state index is 11.7. The molecule has 110 valence electrons. The van der Waals surface area contributed by atoms with E-state index in [1.54, 1.807) is 6.20 Å². The molecule has 2 heterocycles. The minimum Gasteiger partial charge on any atom is -0.444 e. The second kappa shape index (κ2) is 6.22. The molecule has 5 nitrogen and oxygen atoms in total. The quantitative estimate of drug-likeness (QED) is 0.871. The van der Waals surface area contributed by atoms with Gasteiger partial charge in [-0.2, -0.15) is 0 Å². The summed E-state index contributed by atoms with van der Waals surface area (Å²) in [6, 6.07) is 4.25. The zero-order valence-corrected chi connectivity index (χ0v) is 12.4. The standard InChI is InChI=1S/C15H23N3O2/c1-15(2,3)20-14(19)18-13-10-11(7-9-17-13)12-6-4-5-8-16-12/h7,9-10,12,16H,4-6,8H2,1-3H3,(H,17,18,19)/t12-/m1/s1. The number of carbonyl (C=O) groups excluding carboxylic acids is 1. The van der Waals surface area contributed by atoms with E-state index in [0.29, 0.717) is 11.9 Å². The van der Waals surface area contributed by atoms with Crippen molar-refractivity contribution >= 4 is 11.9 Å². The topological polar surface area (TPSA) is 63.2 Å². The number of anilines is 1. The third kappa shape index (κ3) is 4.49. The fourth-order valence-electron chi connectivity index (χ4n) is 2.28. The highest BCUT2D eigenvalue weighted by molar-refractivity contribution is 5.83. The molecule has 20 heavy (non-hydrogen) atoms. The summed E-state index contributed by atoms with van der Waals surface area (Å²) < 4.78 is 5.22. The van der Waals surface area contributed by atoms with Gasteiger partial charge in [0.2, 0.25) is 0 Å². The zero-order valence-electron chi connectivity index (χ0n) is 12.4. The van der Waals surface area contributed by atoms with Crippen molar-refractivity contribution in [3.8, 4) is 0 Å². The Labute approximate surface area is 120 Å². The Morgan fingerprint density at radius 3 is 2.90 bits per heavy atom. The van der Waals surface area contributed by atoms with Crippen molar-refractivity contribution in [2.24, 2.45) is 0 Å². The Morgan fingerprint density at radius 1 is 1.45 bits per heavy atom. The summed E-state index contributed by atoms with van der Waals surface area (Å²) >= 11 is 0. The molecule has 1 amide bonds. The summed E-state index contributed by atoms with van der Waals surface area (Å²) in [5, 5.41) is 6.16. The van der Waals surface area contributed by atoms with Gasteiger partial charge >= 0.3 is 6.09 Å². The number of piperidine rings is 1. The monoisotopic (exact) mass is 277 g/mol. The molecule has 1 aliphatic rings. The lowest BCUT2D eigenvalue weighted by molar-refractivity contribution is 0.0635. The minimum atomic E-state index is -0.507. The molecule has 1 fully saturated rings. The van der Waals surface area contributed by atoms with E-state index in [0.717, 1.165) is 18.5 Å². The summed E-state index contributed by atoms with van der Waals surface area (Å²) in [5.41, 5.74) is 0.651. The molecule has 1 aliphatic heterocycles. The summed E-state index contributed by atoms with van der Waals surface area (Å²) in [6.45, 7) is 6.55. The van der Waals surface area contributed by atoms with E-state index in [9.17, 15) is 4.79 Å². The van der Waals surface area contributed by atoms with Crippen LogP contribution in [0.15, 0.2) is 18.3 Å². The molecule has 0 bridgehead atoms. The van der Waals surface area contributed by atoms with Crippen molar-refractivity contribution in [1.82, 2.24) is 10.3 Å². The second-order valence-electron chi connectivity index (χ2n) is 6.10. The van der Waals surface area contributed by atoms with E-state index in [4.69, 9.17) is 4.74 Å². The number of ether oxygens (including phenoxy) is 1. The van der Waals surface area contributed by atoms with Gasteiger partial charge in [-0.1, -0.05) is 6.42 Å². The van der Waals surface area contributed by atoms with Gasteiger partial charge in [-0.05, 0) is 57.9 Å². The molecular weight excluding hydrogens is 254 g/mol. The first-order valence-corrected chi connectivity index (χ1v) is 7.13. The van der Waals surface area contributed by atoms with Crippen molar-refractivity contribution in [3.63, 3.8) is 0 Å². The van der Waals surface area contributed by atoms with Crippen molar-refractivity contribution in [3.05, 3.63) is 23.9 Å². The molecule has 1 atom stereocenters. The summed E-state index contributed by atoms with van der Waals surface area (Å²) in [6.07, 6.45) is 4.83. The van der Waals surface area contributed by atoms with E-state index in [1.807, 2.05) is 32.9 Å². The Hall–Kier alpha value is -1.62. The van der Waals surface area contributed by atoms with Crippen LogP contribution in [0.1, 0.15) is 51.6 Å². The van der Waals surface area contributed by atoms with E-state index >= 15 is 0 Å². The fraction of sp³-hybridized carbons (Fsp3) is 0.600. The Kier molecular flexibility index (Phi) is 4.60. The first-order valence-electron chi connectivity index (χ1n) is 7.13. The van der Waals surface area contributed by atoms with Gasteiger partial charge in [-0.15, -0.1) is 0 Å². The highest BCUT2D eigenvalue weighted by atomic mass is 16.6. The number of nitrogens with zero attached hydrogens (tertiary/aromatic N) is 1. The lowest BCUT2D eigenvalue weighted by Crippen LogP contribution is -2.28. The van der Waals surface area contributed by atoms with E-state index in [-0.39, 0.29) is 0 Å². The van der Waals surface area contributed by atoms with Gasteiger partial charge in [0.1, 0.15) is 11.4 Å². The number of amides is 1. The van der Waals surface area contributed by atoms with Gasteiger partial charge < -0.3 is 10.1 Å². The summed E-state index contributed by atoms with van der Waals surface area (Å²) in [4.78, 5) is 15.9. The van der Waals surface area contributed by atoms with Gasteiger partial charge in [-0.3, -0.25) is 5.32 Å². The molecule has 5 heteroatoms. The van der Waals surface area contributed by atoms with Gasteiger partial charge in [0, 0.05) is 12.2 Å². The van der Waals surface area contributed by atoms with Crippen LogP contribution in [0, 0.1) is 0 Å².